The fourth-order valence-corrected chi connectivity index (χ4v) is 1.91. The predicted octanol–water partition coefficient (Wildman–Crippen LogP) is 3.58. The Hall–Kier alpha value is -1.18. The number of fused-ring (bicyclic) bond motifs is 1. The normalized spacial score (nSPS) is 11.8. The number of benzene rings is 1. The number of hydrogen-bond donors (Lipinski definition) is 0. The topological polar surface area (TPSA) is 30.0 Å². The molecule has 6 heteroatoms. The summed E-state index contributed by atoms with van der Waals surface area (Å²) < 4.78 is 37.6. The maximum Gasteiger partial charge on any atom is 0.454 e. The molecule has 0 fully saturated rings. The molecule has 0 radical (unpaired) electrons. The van der Waals surface area contributed by atoms with Crippen LogP contribution < -0.4 is 0 Å². The van der Waals surface area contributed by atoms with Gasteiger partial charge in [0.15, 0.2) is 0 Å². The molecule has 0 unspecified atom stereocenters. The fourth-order valence-electron chi connectivity index (χ4n) is 1.39. The summed E-state index contributed by atoms with van der Waals surface area (Å²) in [6.45, 7) is 0. The Morgan fingerprint density at radius 3 is 2.59 bits per heavy atom. The van der Waals surface area contributed by atoms with E-state index in [2.05, 4.69) is 4.98 Å². The summed E-state index contributed by atoms with van der Waals surface area (Å²) in [6.07, 6.45) is -3.91. The molecule has 0 aliphatic rings. The number of pyridine rings is 1. The van der Waals surface area contributed by atoms with Crippen molar-refractivity contribution >= 4 is 39.3 Å². The average Bonchev–Trinajstić information content (AvgIpc) is 2.25. The third kappa shape index (κ3) is 2.56. The van der Waals surface area contributed by atoms with E-state index in [-0.39, 0.29) is 0 Å². The molecule has 0 atom stereocenters. The van der Waals surface area contributed by atoms with Crippen molar-refractivity contribution in [3.05, 3.63) is 39.6 Å². The van der Waals surface area contributed by atoms with Crippen LogP contribution in [0.2, 0.25) is 0 Å². The Bertz CT molecular complexity index is 595. The minimum absolute atomic E-state index is 0.438. The molecule has 0 saturated carbocycles. The van der Waals surface area contributed by atoms with Gasteiger partial charge in [0.25, 0.3) is 5.78 Å². The van der Waals surface area contributed by atoms with E-state index in [4.69, 9.17) is 0 Å². The minimum atomic E-state index is -4.86. The van der Waals surface area contributed by atoms with Gasteiger partial charge in [0, 0.05) is 20.7 Å². The number of aromatic nitrogens is 1. The van der Waals surface area contributed by atoms with Crippen LogP contribution >= 0.6 is 22.6 Å². The van der Waals surface area contributed by atoms with Crippen LogP contribution in [0.15, 0.2) is 30.5 Å². The Morgan fingerprint density at radius 1 is 1.24 bits per heavy atom. The third-order valence-corrected chi connectivity index (χ3v) is 2.83. The van der Waals surface area contributed by atoms with Gasteiger partial charge >= 0.3 is 6.18 Å². The lowest BCUT2D eigenvalue weighted by Gasteiger charge is -2.05. The number of carbonyl (C=O) groups is 1. The third-order valence-electron chi connectivity index (χ3n) is 2.16. The lowest BCUT2D eigenvalue weighted by atomic mass is 10.1. The monoisotopic (exact) mass is 351 g/mol. The van der Waals surface area contributed by atoms with E-state index in [1.165, 1.54) is 6.07 Å². The average molecular weight is 351 g/mol. The van der Waals surface area contributed by atoms with Crippen molar-refractivity contribution in [1.29, 1.82) is 0 Å². The maximum absolute atomic E-state index is 12.2. The molecule has 1 heterocycles. The second-order valence-electron chi connectivity index (χ2n) is 3.39. The van der Waals surface area contributed by atoms with Crippen LogP contribution in [0.4, 0.5) is 13.2 Å². The van der Waals surface area contributed by atoms with Crippen LogP contribution in [0.1, 0.15) is 10.4 Å². The highest BCUT2D eigenvalue weighted by molar-refractivity contribution is 14.1. The van der Waals surface area contributed by atoms with E-state index >= 15 is 0 Å². The number of carbonyl (C=O) groups excluding carboxylic acids is 1. The van der Waals surface area contributed by atoms with Crippen molar-refractivity contribution in [2.24, 2.45) is 0 Å². The summed E-state index contributed by atoms with van der Waals surface area (Å²) in [5.41, 5.74) is 0.121. The van der Waals surface area contributed by atoms with E-state index in [0.717, 1.165) is 9.77 Å². The lowest BCUT2D eigenvalue weighted by Crippen LogP contribution is -2.22. The van der Waals surface area contributed by atoms with E-state index in [1.807, 2.05) is 22.6 Å². The highest BCUT2D eigenvalue weighted by atomic mass is 127. The molecule has 0 aliphatic carbocycles. The van der Waals surface area contributed by atoms with Crippen molar-refractivity contribution < 1.29 is 18.0 Å². The van der Waals surface area contributed by atoms with Gasteiger partial charge in [0.05, 0.1) is 5.52 Å². The van der Waals surface area contributed by atoms with Crippen LogP contribution in [0.5, 0.6) is 0 Å². The van der Waals surface area contributed by atoms with Crippen molar-refractivity contribution in [2.45, 2.75) is 6.18 Å². The molecule has 0 N–H and O–H groups in total. The summed E-state index contributed by atoms with van der Waals surface area (Å²) >= 11 is 2.04. The quantitative estimate of drug-likeness (QED) is 0.581. The zero-order chi connectivity index (χ0) is 12.6. The molecule has 2 rings (SSSR count). The van der Waals surface area contributed by atoms with Gasteiger partial charge in [-0.1, -0.05) is 0 Å². The standard InChI is InChI=1S/C11H5F3INO/c12-11(13,14)10(17)7-3-6-4-8(15)1-2-9(6)16-5-7/h1-5H. The van der Waals surface area contributed by atoms with Crippen LogP contribution in [0.3, 0.4) is 0 Å². The molecule has 0 bridgehead atoms. The van der Waals surface area contributed by atoms with Crippen molar-refractivity contribution in [3.8, 4) is 0 Å². The summed E-state index contributed by atoms with van der Waals surface area (Å²) in [7, 11) is 0. The fraction of sp³-hybridized carbons (Fsp3) is 0.0909. The minimum Gasteiger partial charge on any atom is -0.284 e. The van der Waals surface area contributed by atoms with Crippen LogP contribution in [0.25, 0.3) is 10.9 Å². The van der Waals surface area contributed by atoms with Crippen molar-refractivity contribution in [1.82, 2.24) is 4.98 Å². The van der Waals surface area contributed by atoms with Crippen molar-refractivity contribution in [2.75, 3.05) is 0 Å². The van der Waals surface area contributed by atoms with Gasteiger partial charge in [-0.15, -0.1) is 0 Å². The molecule has 1 aromatic heterocycles. The van der Waals surface area contributed by atoms with Crippen LogP contribution in [0, 0.1) is 3.57 Å². The summed E-state index contributed by atoms with van der Waals surface area (Å²) in [6, 6.07) is 6.37. The SMILES string of the molecule is O=C(c1cnc2ccc(I)cc2c1)C(F)(F)F. The molecule has 2 aromatic rings. The first-order valence-electron chi connectivity index (χ1n) is 4.55. The highest BCUT2D eigenvalue weighted by Crippen LogP contribution is 2.23. The van der Waals surface area contributed by atoms with Gasteiger partial charge in [-0.3, -0.25) is 9.78 Å². The molecular weight excluding hydrogens is 346 g/mol. The van der Waals surface area contributed by atoms with Gasteiger partial charge in [-0.2, -0.15) is 13.2 Å². The van der Waals surface area contributed by atoms with Gasteiger partial charge in [0.1, 0.15) is 0 Å². The molecule has 1 aromatic carbocycles. The molecule has 2 nitrogen and oxygen atoms in total. The van der Waals surface area contributed by atoms with E-state index in [0.29, 0.717) is 10.9 Å². The largest absolute Gasteiger partial charge is 0.454 e. The maximum atomic E-state index is 12.2. The van der Waals surface area contributed by atoms with Crippen molar-refractivity contribution in [3.63, 3.8) is 0 Å². The summed E-state index contributed by atoms with van der Waals surface area (Å²) in [5.74, 6) is -1.87. The Labute approximate surface area is 108 Å². The van der Waals surface area contributed by atoms with E-state index in [9.17, 15) is 18.0 Å². The second kappa shape index (κ2) is 4.25. The first-order valence-corrected chi connectivity index (χ1v) is 5.62. The smallest absolute Gasteiger partial charge is 0.284 e. The first-order chi connectivity index (χ1) is 7.88. The second-order valence-corrected chi connectivity index (χ2v) is 4.63. The number of hydrogen-bond acceptors (Lipinski definition) is 2. The zero-order valence-electron chi connectivity index (χ0n) is 8.25. The predicted molar refractivity (Wildman–Crippen MR) is 64.8 cm³/mol. The number of ketones is 1. The Balaban J connectivity index is 2.54. The molecule has 17 heavy (non-hydrogen) atoms. The number of rotatable bonds is 1. The number of halogens is 4. The molecule has 0 aliphatic heterocycles. The van der Waals surface area contributed by atoms with Gasteiger partial charge in [-0.05, 0) is 46.9 Å². The molecular formula is C11H5F3INO. The van der Waals surface area contributed by atoms with Gasteiger partial charge in [0.2, 0.25) is 0 Å². The molecule has 88 valence electrons. The van der Waals surface area contributed by atoms with E-state index < -0.39 is 17.5 Å². The molecule has 0 amide bonds. The number of nitrogens with zero attached hydrogens (tertiary/aromatic N) is 1. The Morgan fingerprint density at radius 2 is 1.94 bits per heavy atom. The summed E-state index contributed by atoms with van der Waals surface area (Å²) in [5, 5.41) is 0.520. The van der Waals surface area contributed by atoms with Crippen LogP contribution in [-0.2, 0) is 0 Å². The lowest BCUT2D eigenvalue weighted by molar-refractivity contribution is -0.0885. The van der Waals surface area contributed by atoms with E-state index in [1.54, 1.807) is 18.2 Å². The number of alkyl halides is 3. The molecule has 0 spiro atoms. The van der Waals surface area contributed by atoms with Gasteiger partial charge < -0.3 is 0 Å². The zero-order valence-corrected chi connectivity index (χ0v) is 10.4. The summed E-state index contributed by atoms with van der Waals surface area (Å²) in [4.78, 5) is 14.9. The van der Waals surface area contributed by atoms with Gasteiger partial charge in [-0.25, -0.2) is 0 Å². The Kier molecular flexibility index (Phi) is 3.07. The highest BCUT2D eigenvalue weighted by Gasteiger charge is 2.39. The molecule has 0 saturated heterocycles. The van der Waals surface area contributed by atoms with Crippen LogP contribution in [-0.4, -0.2) is 16.9 Å². The number of Topliss-reactive ketones (excluding diaryl/α,β-unsaturated/α-hetero) is 1. The first kappa shape index (κ1) is 12.3.